The van der Waals surface area contributed by atoms with Gasteiger partial charge in [-0.3, -0.25) is 9.88 Å². The molecule has 1 aromatic carbocycles. The maximum Gasteiger partial charge on any atom is 0.245 e. The van der Waals surface area contributed by atoms with Gasteiger partial charge in [0.1, 0.15) is 10.7 Å². The lowest BCUT2D eigenvalue weighted by atomic mass is 10.2. The molecule has 142 valence electrons. The van der Waals surface area contributed by atoms with Crippen molar-refractivity contribution < 1.29 is 12.9 Å². The number of pyridine rings is 1. The van der Waals surface area contributed by atoms with Crippen LogP contribution in [0, 0.1) is 13.8 Å². The number of rotatable bonds is 4. The zero-order chi connectivity index (χ0) is 19.0. The van der Waals surface area contributed by atoms with Crippen LogP contribution in [-0.4, -0.2) is 53.9 Å². The van der Waals surface area contributed by atoms with E-state index in [0.717, 1.165) is 22.4 Å². The Morgan fingerprint density at radius 2 is 1.89 bits per heavy atom. The molecule has 0 atom stereocenters. The summed E-state index contributed by atoms with van der Waals surface area (Å²) in [6, 6.07) is 9.18. The van der Waals surface area contributed by atoms with Crippen LogP contribution in [0.3, 0.4) is 0 Å². The van der Waals surface area contributed by atoms with Gasteiger partial charge in [-0.05, 0) is 31.5 Å². The van der Waals surface area contributed by atoms with Crippen LogP contribution in [-0.2, 0) is 16.6 Å². The summed E-state index contributed by atoms with van der Waals surface area (Å²) in [5.74, 6) is 0.782. The van der Waals surface area contributed by atoms with E-state index in [4.69, 9.17) is 4.52 Å². The standard InChI is InChI=1S/C19H22N4O3S/c1-14-10-16-4-3-5-18(19(16)20-12-14)27(24,25)23-8-6-22(7-9-23)13-17-11-15(2)26-21-17/h3-5,10-12H,6-9,13H2,1-2H3. The Balaban J connectivity index is 1.52. The van der Waals surface area contributed by atoms with E-state index in [-0.39, 0.29) is 4.90 Å². The monoisotopic (exact) mass is 386 g/mol. The minimum absolute atomic E-state index is 0.278. The van der Waals surface area contributed by atoms with Gasteiger partial charge in [0.15, 0.2) is 0 Å². The second kappa shape index (κ2) is 7.03. The molecule has 8 heteroatoms. The Bertz CT molecular complexity index is 1070. The summed E-state index contributed by atoms with van der Waals surface area (Å²) in [5, 5.41) is 4.85. The molecule has 0 radical (unpaired) electrons. The zero-order valence-corrected chi connectivity index (χ0v) is 16.2. The number of hydrogen-bond donors (Lipinski definition) is 0. The van der Waals surface area contributed by atoms with Crippen LogP contribution in [0.1, 0.15) is 17.0 Å². The van der Waals surface area contributed by atoms with Crippen molar-refractivity contribution in [1.29, 1.82) is 0 Å². The molecular weight excluding hydrogens is 364 g/mol. The van der Waals surface area contributed by atoms with Crippen LogP contribution in [0.4, 0.5) is 0 Å². The molecule has 1 aliphatic rings. The molecule has 0 saturated carbocycles. The van der Waals surface area contributed by atoms with E-state index in [0.29, 0.717) is 38.2 Å². The summed E-state index contributed by atoms with van der Waals surface area (Å²) < 4.78 is 33.0. The summed E-state index contributed by atoms with van der Waals surface area (Å²) in [6.07, 6.45) is 1.71. The van der Waals surface area contributed by atoms with E-state index < -0.39 is 10.0 Å². The number of fused-ring (bicyclic) bond motifs is 1. The fourth-order valence-corrected chi connectivity index (χ4v) is 5.03. The normalized spacial score (nSPS) is 16.8. The first-order chi connectivity index (χ1) is 12.9. The van der Waals surface area contributed by atoms with Crippen LogP contribution in [0.5, 0.6) is 0 Å². The molecule has 1 saturated heterocycles. The first-order valence-corrected chi connectivity index (χ1v) is 10.4. The molecule has 2 aromatic heterocycles. The third-order valence-corrected chi connectivity index (χ3v) is 6.75. The summed E-state index contributed by atoms with van der Waals surface area (Å²) in [6.45, 7) is 6.68. The van der Waals surface area contributed by atoms with Crippen molar-refractivity contribution in [2.24, 2.45) is 0 Å². The van der Waals surface area contributed by atoms with Crippen molar-refractivity contribution in [3.8, 4) is 0 Å². The van der Waals surface area contributed by atoms with Gasteiger partial charge in [-0.15, -0.1) is 0 Å². The first-order valence-electron chi connectivity index (χ1n) is 8.93. The molecule has 1 fully saturated rings. The molecule has 7 nitrogen and oxygen atoms in total. The van der Waals surface area contributed by atoms with E-state index >= 15 is 0 Å². The van der Waals surface area contributed by atoms with Gasteiger partial charge in [0.25, 0.3) is 0 Å². The third kappa shape index (κ3) is 3.60. The third-order valence-electron chi connectivity index (χ3n) is 4.82. The Morgan fingerprint density at radius 3 is 2.59 bits per heavy atom. The van der Waals surface area contributed by atoms with Gasteiger partial charge >= 0.3 is 0 Å². The topological polar surface area (TPSA) is 79.5 Å². The summed E-state index contributed by atoms with van der Waals surface area (Å²) in [5.41, 5.74) is 2.41. The van der Waals surface area contributed by atoms with Crippen LogP contribution in [0.2, 0.25) is 0 Å². The predicted molar refractivity (Wildman–Crippen MR) is 102 cm³/mol. The van der Waals surface area contributed by atoms with E-state index in [9.17, 15) is 8.42 Å². The Labute approximate surface area is 158 Å². The van der Waals surface area contributed by atoms with Gasteiger partial charge in [0, 0.05) is 50.4 Å². The number of para-hydroxylation sites is 1. The van der Waals surface area contributed by atoms with Crippen molar-refractivity contribution in [2.45, 2.75) is 25.3 Å². The number of aryl methyl sites for hydroxylation is 2. The Morgan fingerprint density at radius 1 is 1.11 bits per heavy atom. The zero-order valence-electron chi connectivity index (χ0n) is 15.4. The number of hydrogen-bond acceptors (Lipinski definition) is 6. The minimum Gasteiger partial charge on any atom is -0.361 e. The lowest BCUT2D eigenvalue weighted by molar-refractivity contribution is 0.177. The van der Waals surface area contributed by atoms with Crippen molar-refractivity contribution in [1.82, 2.24) is 19.3 Å². The molecule has 0 bridgehead atoms. The number of piperazine rings is 1. The summed E-state index contributed by atoms with van der Waals surface area (Å²) >= 11 is 0. The highest BCUT2D eigenvalue weighted by molar-refractivity contribution is 7.89. The quantitative estimate of drug-likeness (QED) is 0.685. The van der Waals surface area contributed by atoms with Gasteiger partial charge < -0.3 is 4.52 Å². The molecular formula is C19H22N4O3S. The molecule has 1 aliphatic heterocycles. The van der Waals surface area contributed by atoms with Crippen molar-refractivity contribution >= 4 is 20.9 Å². The second-order valence-corrected chi connectivity index (χ2v) is 8.86. The summed E-state index contributed by atoms with van der Waals surface area (Å²) in [4.78, 5) is 6.85. The average Bonchev–Trinajstić information content (AvgIpc) is 3.06. The fourth-order valence-electron chi connectivity index (χ4n) is 3.44. The van der Waals surface area contributed by atoms with E-state index in [1.165, 1.54) is 0 Å². The lowest BCUT2D eigenvalue weighted by Gasteiger charge is -2.33. The maximum absolute atomic E-state index is 13.2. The van der Waals surface area contributed by atoms with Gasteiger partial charge in [0.05, 0.1) is 11.2 Å². The number of benzene rings is 1. The van der Waals surface area contributed by atoms with Crippen molar-refractivity contribution in [3.63, 3.8) is 0 Å². The van der Waals surface area contributed by atoms with Crippen molar-refractivity contribution in [2.75, 3.05) is 26.2 Å². The molecule has 27 heavy (non-hydrogen) atoms. The van der Waals surface area contributed by atoms with E-state index in [2.05, 4.69) is 15.0 Å². The maximum atomic E-state index is 13.2. The van der Waals surface area contributed by atoms with Gasteiger partial charge in [-0.2, -0.15) is 4.31 Å². The molecule has 0 aliphatic carbocycles. The molecule has 0 N–H and O–H groups in total. The van der Waals surface area contributed by atoms with Crippen LogP contribution in [0.25, 0.3) is 10.9 Å². The highest BCUT2D eigenvalue weighted by Crippen LogP contribution is 2.25. The fraction of sp³-hybridized carbons (Fsp3) is 0.368. The molecule has 3 heterocycles. The lowest BCUT2D eigenvalue weighted by Crippen LogP contribution is -2.48. The number of aromatic nitrogens is 2. The van der Waals surface area contributed by atoms with Gasteiger partial charge in [-0.25, -0.2) is 8.42 Å². The minimum atomic E-state index is -3.58. The summed E-state index contributed by atoms with van der Waals surface area (Å²) in [7, 11) is -3.58. The average molecular weight is 386 g/mol. The first kappa shape index (κ1) is 18.1. The molecule has 0 unspecified atom stereocenters. The van der Waals surface area contributed by atoms with E-state index in [1.807, 2.05) is 32.0 Å². The second-order valence-electron chi connectivity index (χ2n) is 6.95. The van der Waals surface area contributed by atoms with Crippen LogP contribution >= 0.6 is 0 Å². The molecule has 0 spiro atoms. The highest BCUT2D eigenvalue weighted by Gasteiger charge is 2.30. The number of nitrogens with zero attached hydrogens (tertiary/aromatic N) is 4. The van der Waals surface area contributed by atoms with Gasteiger partial charge in [0.2, 0.25) is 10.0 Å². The largest absolute Gasteiger partial charge is 0.361 e. The molecule has 4 rings (SSSR count). The number of sulfonamides is 1. The molecule has 0 amide bonds. The Hall–Kier alpha value is -2.29. The predicted octanol–water partition coefficient (Wildman–Crippen LogP) is 2.35. The molecule has 3 aromatic rings. The van der Waals surface area contributed by atoms with Crippen LogP contribution in [0.15, 0.2) is 45.9 Å². The highest BCUT2D eigenvalue weighted by atomic mass is 32.2. The SMILES string of the molecule is Cc1cnc2c(S(=O)(=O)N3CCN(Cc4cc(C)on4)CC3)cccc2c1. The van der Waals surface area contributed by atoms with Crippen LogP contribution < -0.4 is 0 Å². The Kier molecular flexibility index (Phi) is 4.71. The smallest absolute Gasteiger partial charge is 0.245 e. The van der Waals surface area contributed by atoms with Crippen molar-refractivity contribution in [3.05, 3.63) is 53.5 Å². The van der Waals surface area contributed by atoms with Gasteiger partial charge in [-0.1, -0.05) is 17.3 Å². The van der Waals surface area contributed by atoms with E-state index in [1.54, 1.807) is 22.6 Å².